The van der Waals surface area contributed by atoms with Crippen molar-refractivity contribution in [3.8, 4) is 0 Å². The third-order valence-electron chi connectivity index (χ3n) is 5.33. The lowest BCUT2D eigenvalue weighted by molar-refractivity contribution is -0.129. The molecule has 0 spiro atoms. The Bertz CT molecular complexity index is 1020. The molecule has 1 aliphatic rings. The Kier molecular flexibility index (Phi) is 5.53. The number of amides is 1. The number of benzene rings is 1. The van der Waals surface area contributed by atoms with Crippen molar-refractivity contribution in [1.29, 1.82) is 0 Å². The van der Waals surface area contributed by atoms with Crippen LogP contribution in [0.25, 0.3) is 11.2 Å². The summed E-state index contributed by atoms with van der Waals surface area (Å²) < 4.78 is 15.3. The molecule has 1 aliphatic heterocycles. The third-order valence-corrected chi connectivity index (χ3v) is 5.33. The minimum atomic E-state index is -0.317. The number of likely N-dealkylation sites (tertiary alicyclic amines) is 1. The van der Waals surface area contributed by atoms with Crippen molar-refractivity contribution in [1.82, 2.24) is 29.5 Å². The number of fused-ring (bicyclic) bond motifs is 1. The average Bonchev–Trinajstić information content (AvgIpc) is 3.31. The van der Waals surface area contributed by atoms with E-state index in [2.05, 4.69) is 14.9 Å². The van der Waals surface area contributed by atoms with Gasteiger partial charge in [0.15, 0.2) is 5.65 Å². The van der Waals surface area contributed by atoms with Crippen molar-refractivity contribution in [3.05, 3.63) is 53.7 Å². The van der Waals surface area contributed by atoms with Crippen molar-refractivity contribution in [2.75, 3.05) is 33.7 Å². The number of halogens is 1. The van der Waals surface area contributed by atoms with Crippen LogP contribution in [0, 0.1) is 5.82 Å². The monoisotopic (exact) mass is 396 g/mol. The third kappa shape index (κ3) is 4.27. The first kappa shape index (κ1) is 19.4. The summed E-state index contributed by atoms with van der Waals surface area (Å²) in [5.74, 6) is -0.172. The molecule has 0 saturated carbocycles. The lowest BCUT2D eigenvalue weighted by Crippen LogP contribution is -2.30. The molecule has 1 fully saturated rings. The van der Waals surface area contributed by atoms with Gasteiger partial charge in [0.25, 0.3) is 0 Å². The molecular formula is C21H25FN6O. The predicted octanol–water partition coefficient (Wildman–Crippen LogP) is 2.09. The molecule has 1 unspecified atom stereocenters. The molecular weight excluding hydrogens is 371 g/mol. The Morgan fingerprint density at radius 2 is 2.10 bits per heavy atom. The van der Waals surface area contributed by atoms with Gasteiger partial charge in [0.2, 0.25) is 5.91 Å². The van der Waals surface area contributed by atoms with Crippen molar-refractivity contribution >= 4 is 17.1 Å². The molecule has 0 N–H and O–H groups in total. The molecule has 3 aromatic rings. The molecule has 7 nitrogen and oxygen atoms in total. The van der Waals surface area contributed by atoms with Gasteiger partial charge in [0.05, 0.1) is 18.7 Å². The number of carbonyl (C=O) groups excluding carboxylic acids is 1. The molecule has 2 aromatic heterocycles. The van der Waals surface area contributed by atoms with Crippen LogP contribution in [0.3, 0.4) is 0 Å². The Morgan fingerprint density at radius 3 is 2.90 bits per heavy atom. The zero-order chi connectivity index (χ0) is 20.4. The largest absolute Gasteiger partial charge is 0.342 e. The van der Waals surface area contributed by atoms with E-state index in [1.807, 2.05) is 23.7 Å². The Balaban J connectivity index is 1.50. The lowest BCUT2D eigenvalue weighted by atomic mass is 10.0. The molecule has 1 aromatic carbocycles. The fourth-order valence-electron chi connectivity index (χ4n) is 3.79. The summed E-state index contributed by atoms with van der Waals surface area (Å²) in [7, 11) is 4.05. The maximum atomic E-state index is 13.4. The first-order valence-electron chi connectivity index (χ1n) is 9.85. The molecule has 29 heavy (non-hydrogen) atoms. The van der Waals surface area contributed by atoms with E-state index in [0.29, 0.717) is 18.7 Å². The topological polar surface area (TPSA) is 67.2 Å². The smallest absolute Gasteiger partial charge is 0.227 e. The van der Waals surface area contributed by atoms with E-state index in [4.69, 9.17) is 5.10 Å². The lowest BCUT2D eigenvalue weighted by Gasteiger charge is -2.16. The molecule has 1 saturated heterocycles. The van der Waals surface area contributed by atoms with Crippen LogP contribution in [-0.2, 0) is 17.8 Å². The van der Waals surface area contributed by atoms with Gasteiger partial charge >= 0.3 is 0 Å². The zero-order valence-electron chi connectivity index (χ0n) is 16.8. The number of rotatable bonds is 6. The number of carbonyl (C=O) groups is 1. The van der Waals surface area contributed by atoms with E-state index in [-0.39, 0.29) is 24.1 Å². The van der Waals surface area contributed by atoms with Crippen LogP contribution in [0.5, 0.6) is 0 Å². The zero-order valence-corrected chi connectivity index (χ0v) is 16.8. The van der Waals surface area contributed by atoms with Gasteiger partial charge < -0.3 is 9.80 Å². The quantitative estimate of drug-likeness (QED) is 0.638. The van der Waals surface area contributed by atoms with Gasteiger partial charge in [-0.05, 0) is 38.2 Å². The maximum Gasteiger partial charge on any atom is 0.227 e. The first-order valence-corrected chi connectivity index (χ1v) is 9.85. The fourth-order valence-corrected chi connectivity index (χ4v) is 3.79. The average molecular weight is 396 g/mol. The minimum Gasteiger partial charge on any atom is -0.342 e. The summed E-state index contributed by atoms with van der Waals surface area (Å²) in [6.45, 7) is 2.86. The summed E-state index contributed by atoms with van der Waals surface area (Å²) in [5.41, 5.74) is 3.21. The van der Waals surface area contributed by atoms with Crippen LogP contribution < -0.4 is 0 Å². The van der Waals surface area contributed by atoms with Gasteiger partial charge in [-0.2, -0.15) is 5.10 Å². The summed E-state index contributed by atoms with van der Waals surface area (Å²) in [6.07, 6.45) is 4.42. The van der Waals surface area contributed by atoms with Gasteiger partial charge in [0, 0.05) is 37.9 Å². The van der Waals surface area contributed by atoms with Crippen LogP contribution in [0.1, 0.15) is 23.6 Å². The molecule has 0 bridgehead atoms. The normalized spacial score (nSPS) is 16.8. The second-order valence-corrected chi connectivity index (χ2v) is 7.77. The number of nitrogens with zero attached hydrogens (tertiary/aromatic N) is 6. The molecule has 1 amide bonds. The molecule has 4 rings (SSSR count). The Morgan fingerprint density at radius 1 is 1.28 bits per heavy atom. The first-order chi connectivity index (χ1) is 14.0. The summed E-state index contributed by atoms with van der Waals surface area (Å²) in [4.78, 5) is 25.6. The summed E-state index contributed by atoms with van der Waals surface area (Å²) >= 11 is 0. The highest BCUT2D eigenvalue weighted by molar-refractivity contribution is 5.79. The highest BCUT2D eigenvalue weighted by Crippen LogP contribution is 2.30. The predicted molar refractivity (Wildman–Crippen MR) is 108 cm³/mol. The van der Waals surface area contributed by atoms with E-state index in [9.17, 15) is 9.18 Å². The van der Waals surface area contributed by atoms with Gasteiger partial charge in [-0.3, -0.25) is 4.79 Å². The van der Waals surface area contributed by atoms with Gasteiger partial charge in [-0.15, -0.1) is 0 Å². The highest BCUT2D eigenvalue weighted by Gasteiger charge is 2.31. The van der Waals surface area contributed by atoms with Crippen molar-refractivity contribution in [3.63, 3.8) is 0 Å². The second kappa shape index (κ2) is 8.24. The number of hydrogen-bond donors (Lipinski definition) is 0. The molecule has 1 atom stereocenters. The minimum absolute atomic E-state index is 0.0144. The Labute approximate surface area is 169 Å². The molecule has 0 radical (unpaired) electrons. The van der Waals surface area contributed by atoms with E-state index < -0.39 is 0 Å². The fraction of sp³-hybridized carbons (Fsp3) is 0.429. The van der Waals surface area contributed by atoms with E-state index in [1.54, 1.807) is 24.5 Å². The number of hydrogen-bond acceptors (Lipinski definition) is 5. The number of likely N-dealkylation sites (N-methyl/N-ethyl adjacent to an activating group) is 1. The van der Waals surface area contributed by atoms with Crippen LogP contribution in [0.2, 0.25) is 0 Å². The van der Waals surface area contributed by atoms with Crippen molar-refractivity contribution in [2.45, 2.75) is 25.3 Å². The molecule has 0 aliphatic carbocycles. The van der Waals surface area contributed by atoms with E-state index in [0.717, 1.165) is 36.4 Å². The molecule has 152 valence electrons. The van der Waals surface area contributed by atoms with Crippen LogP contribution >= 0.6 is 0 Å². The van der Waals surface area contributed by atoms with Crippen LogP contribution in [0.15, 0.2) is 36.7 Å². The summed E-state index contributed by atoms with van der Waals surface area (Å²) in [5, 5.41) is 4.81. The van der Waals surface area contributed by atoms with Crippen molar-refractivity contribution in [2.24, 2.45) is 0 Å². The van der Waals surface area contributed by atoms with Gasteiger partial charge in [0.1, 0.15) is 11.3 Å². The standard InChI is InChI=1S/C21H25FN6O/c1-26(2)10-11-28-21-20(23-7-8-24-21)19(25-28)16-6-9-27(14-16)18(29)13-15-4-3-5-17(22)12-15/h3-5,7-8,12,16H,6,9-11,13-14H2,1-2H3. The summed E-state index contributed by atoms with van der Waals surface area (Å²) in [6, 6.07) is 6.22. The van der Waals surface area contributed by atoms with Gasteiger partial charge in [-0.25, -0.2) is 19.0 Å². The van der Waals surface area contributed by atoms with E-state index >= 15 is 0 Å². The highest BCUT2D eigenvalue weighted by atomic mass is 19.1. The Hall–Kier alpha value is -2.87. The number of aromatic nitrogens is 4. The van der Waals surface area contributed by atoms with Gasteiger partial charge in [-0.1, -0.05) is 12.1 Å². The maximum absolute atomic E-state index is 13.4. The molecule has 8 heteroatoms. The van der Waals surface area contributed by atoms with Crippen molar-refractivity contribution < 1.29 is 9.18 Å². The second-order valence-electron chi connectivity index (χ2n) is 7.77. The van der Waals surface area contributed by atoms with Crippen LogP contribution in [0.4, 0.5) is 4.39 Å². The SMILES string of the molecule is CN(C)CCn1nc(C2CCN(C(=O)Cc3cccc(F)c3)C2)c2nccnc21. The van der Waals surface area contributed by atoms with Crippen LogP contribution in [-0.4, -0.2) is 69.2 Å². The molecule has 3 heterocycles. The van der Waals surface area contributed by atoms with E-state index in [1.165, 1.54) is 12.1 Å².